The summed E-state index contributed by atoms with van der Waals surface area (Å²) in [5, 5.41) is 0. The lowest BCUT2D eigenvalue weighted by atomic mass is 10.3. The Balaban J connectivity index is 2.81. The highest BCUT2D eigenvalue weighted by molar-refractivity contribution is 9.11. The van der Waals surface area contributed by atoms with Gasteiger partial charge in [0.1, 0.15) is 5.75 Å². The molecule has 0 saturated heterocycles. The smallest absolute Gasteiger partial charge is 0.271 e. The van der Waals surface area contributed by atoms with E-state index < -0.39 is 5.91 Å². The third-order valence-corrected chi connectivity index (χ3v) is 3.11. The summed E-state index contributed by atoms with van der Waals surface area (Å²) in [7, 11) is 0. The molecule has 0 fully saturated rings. The second-order valence-electron chi connectivity index (χ2n) is 2.55. The molecule has 1 aromatic rings. The molecule has 0 bridgehead atoms. The maximum absolute atomic E-state index is 10.9. The van der Waals surface area contributed by atoms with E-state index in [2.05, 4.69) is 47.8 Å². The van der Waals surface area contributed by atoms with Gasteiger partial charge in [0.25, 0.3) is 5.91 Å². The molecule has 7 heteroatoms. The zero-order valence-electron chi connectivity index (χ0n) is 7.39. The number of hydrogen-bond donors (Lipinski definition) is 2. The fraction of sp³-hybridized carbons (Fsp3) is 0.125. The highest BCUT2D eigenvalue weighted by atomic mass is 79.9. The summed E-state index contributed by atoms with van der Waals surface area (Å²) >= 11 is 9.97. The van der Waals surface area contributed by atoms with E-state index in [0.29, 0.717) is 5.75 Å². The van der Waals surface area contributed by atoms with Gasteiger partial charge in [-0.1, -0.05) is 15.9 Å². The van der Waals surface area contributed by atoms with Gasteiger partial charge in [0, 0.05) is 4.47 Å². The molecular formula is C8H7Br3N2O2. The molecule has 1 aromatic carbocycles. The molecular weight excluding hydrogens is 396 g/mol. The van der Waals surface area contributed by atoms with Gasteiger partial charge >= 0.3 is 0 Å². The van der Waals surface area contributed by atoms with Crippen molar-refractivity contribution in [2.24, 2.45) is 5.84 Å². The lowest BCUT2D eigenvalue weighted by Gasteiger charge is -2.09. The molecule has 4 nitrogen and oxygen atoms in total. The van der Waals surface area contributed by atoms with Crippen LogP contribution in [0.15, 0.2) is 25.6 Å². The zero-order valence-corrected chi connectivity index (χ0v) is 12.1. The molecule has 1 rings (SSSR count). The summed E-state index contributed by atoms with van der Waals surface area (Å²) in [5.41, 5.74) is 1.98. The summed E-state index contributed by atoms with van der Waals surface area (Å²) < 4.78 is 7.66. The van der Waals surface area contributed by atoms with Crippen molar-refractivity contribution < 1.29 is 9.53 Å². The van der Waals surface area contributed by atoms with Crippen molar-refractivity contribution >= 4 is 53.7 Å². The summed E-state index contributed by atoms with van der Waals surface area (Å²) in [6.07, 6.45) is 0. The van der Waals surface area contributed by atoms with Crippen LogP contribution in [0.4, 0.5) is 0 Å². The minimum absolute atomic E-state index is 0.130. The number of ether oxygens (including phenoxy) is 1. The maximum Gasteiger partial charge on any atom is 0.271 e. The molecule has 0 unspecified atom stereocenters. The molecule has 0 aliphatic carbocycles. The van der Waals surface area contributed by atoms with Crippen molar-refractivity contribution in [3.8, 4) is 5.75 Å². The Hall–Kier alpha value is -0.110. The molecule has 0 atom stereocenters. The highest BCUT2D eigenvalue weighted by Gasteiger charge is 2.09. The van der Waals surface area contributed by atoms with E-state index in [0.717, 1.165) is 13.4 Å². The Kier molecular flexibility index (Phi) is 5.04. The molecule has 0 aliphatic rings. The normalized spacial score (nSPS) is 9.87. The predicted octanol–water partition coefficient (Wildman–Crippen LogP) is 2.34. The molecule has 82 valence electrons. The van der Waals surface area contributed by atoms with Crippen LogP contribution in [0.3, 0.4) is 0 Å². The average molecular weight is 403 g/mol. The fourth-order valence-electron chi connectivity index (χ4n) is 0.846. The van der Waals surface area contributed by atoms with Crippen molar-refractivity contribution in [3.05, 3.63) is 25.6 Å². The van der Waals surface area contributed by atoms with E-state index in [1.807, 2.05) is 17.6 Å². The quantitative estimate of drug-likeness (QED) is 0.463. The fourth-order valence-corrected chi connectivity index (χ4v) is 3.33. The van der Waals surface area contributed by atoms with Gasteiger partial charge in [-0.25, -0.2) is 5.84 Å². The minimum atomic E-state index is -0.392. The number of hydrogen-bond acceptors (Lipinski definition) is 3. The lowest BCUT2D eigenvalue weighted by molar-refractivity contribution is -0.123. The molecule has 0 aliphatic heterocycles. The molecule has 1 amide bonds. The number of hydrazine groups is 1. The van der Waals surface area contributed by atoms with Gasteiger partial charge in [0.15, 0.2) is 6.61 Å². The first-order valence-electron chi connectivity index (χ1n) is 3.81. The first-order valence-corrected chi connectivity index (χ1v) is 6.19. The van der Waals surface area contributed by atoms with Crippen LogP contribution in [-0.4, -0.2) is 12.5 Å². The minimum Gasteiger partial charge on any atom is -0.481 e. The van der Waals surface area contributed by atoms with E-state index in [1.54, 1.807) is 0 Å². The van der Waals surface area contributed by atoms with E-state index in [1.165, 1.54) is 0 Å². The highest BCUT2D eigenvalue weighted by Crippen LogP contribution is 2.36. The number of nitrogens with one attached hydrogen (secondary N) is 1. The summed E-state index contributed by atoms with van der Waals surface area (Å²) in [5.74, 6) is 5.09. The summed E-state index contributed by atoms with van der Waals surface area (Å²) in [6, 6.07) is 3.64. The summed E-state index contributed by atoms with van der Waals surface area (Å²) in [4.78, 5) is 10.9. The Morgan fingerprint density at radius 1 is 1.33 bits per heavy atom. The van der Waals surface area contributed by atoms with Gasteiger partial charge < -0.3 is 4.74 Å². The summed E-state index contributed by atoms with van der Waals surface area (Å²) in [6.45, 7) is -0.130. The van der Waals surface area contributed by atoms with Crippen LogP contribution in [0.1, 0.15) is 0 Å². The Labute approximate surface area is 112 Å². The molecule has 0 saturated carbocycles. The van der Waals surface area contributed by atoms with Crippen molar-refractivity contribution in [1.82, 2.24) is 5.43 Å². The predicted molar refractivity (Wildman–Crippen MR) is 67.4 cm³/mol. The van der Waals surface area contributed by atoms with Gasteiger partial charge in [0.2, 0.25) is 0 Å². The third kappa shape index (κ3) is 3.75. The first kappa shape index (κ1) is 13.0. The first-order chi connectivity index (χ1) is 7.04. The SMILES string of the molecule is NNC(=O)COc1c(Br)cc(Br)cc1Br. The number of nitrogens with two attached hydrogens (primary N) is 1. The van der Waals surface area contributed by atoms with Crippen LogP contribution < -0.4 is 16.0 Å². The Morgan fingerprint density at radius 3 is 2.33 bits per heavy atom. The van der Waals surface area contributed by atoms with Crippen molar-refractivity contribution in [3.63, 3.8) is 0 Å². The Bertz CT molecular complexity index is 361. The number of halogens is 3. The molecule has 15 heavy (non-hydrogen) atoms. The lowest BCUT2D eigenvalue weighted by Crippen LogP contribution is -2.34. The van der Waals surface area contributed by atoms with Gasteiger partial charge in [-0.2, -0.15) is 0 Å². The molecule has 0 spiro atoms. The topological polar surface area (TPSA) is 64.3 Å². The van der Waals surface area contributed by atoms with Crippen LogP contribution in [0.25, 0.3) is 0 Å². The number of rotatable bonds is 3. The number of benzene rings is 1. The van der Waals surface area contributed by atoms with Crippen molar-refractivity contribution in [2.45, 2.75) is 0 Å². The van der Waals surface area contributed by atoms with Crippen LogP contribution >= 0.6 is 47.8 Å². The molecule has 0 aromatic heterocycles. The average Bonchev–Trinajstić information content (AvgIpc) is 2.15. The molecule has 3 N–H and O–H groups in total. The van der Waals surface area contributed by atoms with E-state index >= 15 is 0 Å². The van der Waals surface area contributed by atoms with Crippen molar-refractivity contribution in [1.29, 1.82) is 0 Å². The Morgan fingerprint density at radius 2 is 1.87 bits per heavy atom. The number of amides is 1. The second-order valence-corrected chi connectivity index (χ2v) is 5.18. The van der Waals surface area contributed by atoms with Gasteiger partial charge in [0.05, 0.1) is 8.95 Å². The largest absolute Gasteiger partial charge is 0.481 e. The maximum atomic E-state index is 10.9. The van der Waals surface area contributed by atoms with Crippen LogP contribution in [0.5, 0.6) is 5.75 Å². The van der Waals surface area contributed by atoms with Crippen LogP contribution in [0.2, 0.25) is 0 Å². The van der Waals surface area contributed by atoms with Gasteiger partial charge in [-0.05, 0) is 44.0 Å². The zero-order chi connectivity index (χ0) is 11.4. The van der Waals surface area contributed by atoms with Crippen molar-refractivity contribution in [2.75, 3.05) is 6.61 Å². The molecule has 0 radical (unpaired) electrons. The van der Waals surface area contributed by atoms with E-state index in [4.69, 9.17) is 10.6 Å². The second kappa shape index (κ2) is 5.83. The van der Waals surface area contributed by atoms with Gasteiger partial charge in [-0.3, -0.25) is 10.2 Å². The molecule has 0 heterocycles. The monoisotopic (exact) mass is 400 g/mol. The van der Waals surface area contributed by atoms with E-state index in [-0.39, 0.29) is 6.61 Å². The standard InChI is InChI=1S/C8H7Br3N2O2/c9-4-1-5(10)8(6(11)2-4)15-3-7(14)13-12/h1-2H,3,12H2,(H,13,14). The third-order valence-electron chi connectivity index (χ3n) is 1.47. The van der Waals surface area contributed by atoms with Crippen LogP contribution in [0, 0.1) is 0 Å². The van der Waals surface area contributed by atoms with Gasteiger partial charge in [-0.15, -0.1) is 0 Å². The van der Waals surface area contributed by atoms with E-state index in [9.17, 15) is 4.79 Å². The van der Waals surface area contributed by atoms with Crippen LogP contribution in [-0.2, 0) is 4.79 Å². The number of carbonyl (C=O) groups is 1. The number of carbonyl (C=O) groups excluding carboxylic acids is 1.